The third-order valence-electron chi connectivity index (χ3n) is 0.975. The van der Waals surface area contributed by atoms with E-state index in [1.807, 2.05) is 11.3 Å². The van der Waals surface area contributed by atoms with Crippen LogP contribution in [0.5, 0.6) is 0 Å². The van der Waals surface area contributed by atoms with Crippen LogP contribution in [0.4, 0.5) is 0 Å². The second-order valence-corrected chi connectivity index (χ2v) is 2.93. The molecule has 0 aliphatic rings. The Hall–Kier alpha value is -0.643. The van der Waals surface area contributed by atoms with E-state index in [1.165, 1.54) is 0 Å². The Morgan fingerprint density at radius 3 is 2.75 bits per heavy atom. The van der Waals surface area contributed by atoms with Crippen molar-refractivity contribution in [2.75, 3.05) is 0 Å². The molecule has 0 spiro atoms. The van der Waals surface area contributed by atoms with Gasteiger partial charge in [0, 0.05) is 0 Å². The zero-order valence-corrected chi connectivity index (χ0v) is 6.54. The van der Waals surface area contributed by atoms with E-state index in [1.54, 1.807) is 6.33 Å². The molecule has 0 aliphatic heterocycles. The number of aryl methyl sites for hydroxylation is 1. The predicted molar refractivity (Wildman–Crippen MR) is 34.6 cm³/mol. The lowest BCUT2D eigenvalue weighted by Gasteiger charge is -1.86. The van der Waals surface area contributed by atoms with Crippen molar-refractivity contribution in [1.29, 1.82) is 0 Å². The van der Waals surface area contributed by atoms with Gasteiger partial charge >= 0.3 is 0 Å². The molecule has 3 nitrogen and oxygen atoms in total. The number of nitrogens with zero attached hydrogens (tertiary/aromatic N) is 3. The van der Waals surface area contributed by atoms with Gasteiger partial charge in [-0.2, -0.15) is 5.10 Å². The van der Waals surface area contributed by atoms with Crippen LogP contribution in [0, 0.1) is 6.92 Å². The average molecular weight is 127 g/mol. The fourth-order valence-corrected chi connectivity index (χ4v) is 1.13. The first-order valence-electron chi connectivity index (χ1n) is 2.69. The molecule has 0 radical (unpaired) electrons. The van der Waals surface area contributed by atoms with E-state index in [0.717, 1.165) is 5.82 Å². The van der Waals surface area contributed by atoms with Crippen LogP contribution in [-0.2, 0) is 0 Å². The molecule has 0 unspecified atom stereocenters. The summed E-state index contributed by atoms with van der Waals surface area (Å²) in [6.45, 7) is 4.08. The molecule has 0 N–H and O–H groups in total. The fourth-order valence-electron chi connectivity index (χ4n) is 0.540. The Balaban J connectivity index is 2.84. The summed E-state index contributed by atoms with van der Waals surface area (Å²) >= 11 is 0. The van der Waals surface area contributed by atoms with Gasteiger partial charge in [0.25, 0.3) is 0 Å². The largest absolute Gasteiger partial charge is 0.291 e. The minimum Gasteiger partial charge on any atom is -0.291 e. The summed E-state index contributed by atoms with van der Waals surface area (Å²) in [6.07, 6.45) is 1.79. The summed E-state index contributed by atoms with van der Waals surface area (Å²) in [5.74, 6) is 0.874. The average Bonchev–Trinajstić information content (AvgIpc) is 2.14. The van der Waals surface area contributed by atoms with Crippen molar-refractivity contribution in [3.05, 3.63) is 12.2 Å². The van der Waals surface area contributed by atoms with Crippen LogP contribution < -0.4 is 0 Å². The van der Waals surface area contributed by atoms with Crippen molar-refractivity contribution in [1.82, 2.24) is 14.4 Å². The highest BCUT2D eigenvalue weighted by atomic mass is 28.2. The van der Waals surface area contributed by atoms with E-state index in [0.29, 0.717) is 0 Å². The van der Waals surface area contributed by atoms with E-state index in [4.69, 9.17) is 0 Å². The second-order valence-electron chi connectivity index (χ2n) is 1.65. The van der Waals surface area contributed by atoms with Gasteiger partial charge in [0.15, 0.2) is 9.68 Å². The van der Waals surface area contributed by atoms with Gasteiger partial charge in [-0.15, -0.1) is 0 Å². The molecule has 1 aromatic heterocycles. The van der Waals surface area contributed by atoms with E-state index in [-0.39, 0.29) is 9.68 Å². The molecule has 1 heterocycles. The molecule has 0 aromatic carbocycles. The SMILES string of the molecule is C[SiH2]n1cnc(C)n1. The molecule has 8 heavy (non-hydrogen) atoms. The quantitative estimate of drug-likeness (QED) is 0.479. The van der Waals surface area contributed by atoms with Crippen LogP contribution >= 0.6 is 0 Å². The lowest BCUT2D eigenvalue weighted by atomic mass is 10.8. The van der Waals surface area contributed by atoms with Crippen molar-refractivity contribution in [3.8, 4) is 0 Å². The smallest absolute Gasteiger partial charge is 0.153 e. The number of rotatable bonds is 1. The van der Waals surface area contributed by atoms with Gasteiger partial charge in [-0.1, -0.05) is 6.55 Å². The standard InChI is InChI=1S/C4H9N3Si/c1-4-5-3-7(6-4)8-2/h3H,8H2,1-2H3. The van der Waals surface area contributed by atoms with Crippen LogP contribution in [0.3, 0.4) is 0 Å². The van der Waals surface area contributed by atoms with E-state index in [9.17, 15) is 0 Å². The fraction of sp³-hybridized carbons (Fsp3) is 0.500. The third kappa shape index (κ3) is 0.948. The molecule has 4 heteroatoms. The lowest BCUT2D eigenvalue weighted by molar-refractivity contribution is 0.948. The Kier molecular flexibility index (Phi) is 1.43. The molecule has 1 aromatic rings. The maximum absolute atomic E-state index is 4.10. The minimum atomic E-state index is -0.145. The summed E-state index contributed by atoms with van der Waals surface area (Å²) in [5, 5.41) is 4.10. The maximum Gasteiger partial charge on any atom is 0.153 e. The van der Waals surface area contributed by atoms with Crippen LogP contribution in [0.1, 0.15) is 5.82 Å². The molecular weight excluding hydrogens is 118 g/mol. The topological polar surface area (TPSA) is 30.7 Å². The van der Waals surface area contributed by atoms with Gasteiger partial charge in [-0.3, -0.25) is 4.35 Å². The number of aromatic nitrogens is 3. The maximum atomic E-state index is 4.10. The van der Waals surface area contributed by atoms with Crippen LogP contribution in [-0.4, -0.2) is 24.1 Å². The third-order valence-corrected chi connectivity index (χ3v) is 1.93. The summed E-state index contributed by atoms with van der Waals surface area (Å²) in [5.41, 5.74) is 0. The van der Waals surface area contributed by atoms with Gasteiger partial charge in [0.1, 0.15) is 12.2 Å². The monoisotopic (exact) mass is 127 g/mol. The molecule has 0 atom stereocenters. The molecule has 44 valence electrons. The summed E-state index contributed by atoms with van der Waals surface area (Å²) in [4.78, 5) is 3.97. The highest BCUT2D eigenvalue weighted by molar-refractivity contribution is 6.30. The van der Waals surface area contributed by atoms with Crippen molar-refractivity contribution in [2.45, 2.75) is 13.5 Å². The van der Waals surface area contributed by atoms with Gasteiger partial charge in [-0.05, 0) is 6.92 Å². The highest BCUT2D eigenvalue weighted by Crippen LogP contribution is 1.81. The van der Waals surface area contributed by atoms with Crippen molar-refractivity contribution >= 4 is 9.68 Å². The number of hydrogen-bond acceptors (Lipinski definition) is 2. The second kappa shape index (κ2) is 2.08. The highest BCUT2D eigenvalue weighted by Gasteiger charge is 1.88. The predicted octanol–water partition coefficient (Wildman–Crippen LogP) is -0.433. The molecule has 0 aliphatic carbocycles. The van der Waals surface area contributed by atoms with Crippen LogP contribution in [0.15, 0.2) is 6.33 Å². The van der Waals surface area contributed by atoms with Crippen LogP contribution in [0.2, 0.25) is 6.55 Å². The molecular formula is C4H9N3Si. The van der Waals surface area contributed by atoms with Crippen molar-refractivity contribution < 1.29 is 0 Å². The van der Waals surface area contributed by atoms with E-state index in [2.05, 4.69) is 16.6 Å². The van der Waals surface area contributed by atoms with Gasteiger partial charge in [-0.25, -0.2) is 4.98 Å². The molecule has 0 bridgehead atoms. The zero-order chi connectivity index (χ0) is 5.98. The summed E-state index contributed by atoms with van der Waals surface area (Å²) in [7, 11) is -0.145. The molecule has 0 saturated carbocycles. The first kappa shape index (κ1) is 5.49. The van der Waals surface area contributed by atoms with Crippen LogP contribution in [0.25, 0.3) is 0 Å². The van der Waals surface area contributed by atoms with E-state index < -0.39 is 0 Å². The Morgan fingerprint density at radius 2 is 2.50 bits per heavy atom. The molecule has 0 amide bonds. The molecule has 1 rings (SSSR count). The summed E-state index contributed by atoms with van der Waals surface area (Å²) < 4.78 is 1.94. The Morgan fingerprint density at radius 1 is 1.75 bits per heavy atom. The molecule has 0 fully saturated rings. The lowest BCUT2D eigenvalue weighted by Crippen LogP contribution is -2.01. The Labute approximate surface area is 50.6 Å². The molecule has 0 saturated heterocycles. The van der Waals surface area contributed by atoms with Gasteiger partial charge in [0.2, 0.25) is 0 Å². The van der Waals surface area contributed by atoms with Gasteiger partial charge in [0.05, 0.1) is 0 Å². The first-order chi connectivity index (χ1) is 3.83. The summed E-state index contributed by atoms with van der Waals surface area (Å²) in [6, 6.07) is 0. The normalized spacial score (nSPS) is 11.2. The van der Waals surface area contributed by atoms with Gasteiger partial charge < -0.3 is 0 Å². The Bertz CT molecular complexity index is 172. The first-order valence-corrected chi connectivity index (χ1v) is 4.73. The van der Waals surface area contributed by atoms with Crippen molar-refractivity contribution in [3.63, 3.8) is 0 Å². The minimum absolute atomic E-state index is 0.145. The van der Waals surface area contributed by atoms with Crippen molar-refractivity contribution in [2.24, 2.45) is 0 Å². The van der Waals surface area contributed by atoms with E-state index >= 15 is 0 Å². The number of hydrogen-bond donors (Lipinski definition) is 0. The zero-order valence-electron chi connectivity index (χ0n) is 5.13.